The molecule has 0 bridgehead atoms. The summed E-state index contributed by atoms with van der Waals surface area (Å²) in [5, 5.41) is 14.6. The first-order valence-electron chi connectivity index (χ1n) is 12.0. The normalized spacial score (nSPS) is 19.9. The molecule has 6 nitrogen and oxygen atoms in total. The van der Waals surface area contributed by atoms with E-state index in [4.69, 9.17) is 5.41 Å². The van der Waals surface area contributed by atoms with E-state index in [9.17, 15) is 9.59 Å². The van der Waals surface area contributed by atoms with E-state index in [1.54, 1.807) is 4.90 Å². The van der Waals surface area contributed by atoms with Crippen LogP contribution < -0.4 is 10.6 Å². The zero-order chi connectivity index (χ0) is 21.1. The minimum absolute atomic E-state index is 0.0758. The van der Waals surface area contributed by atoms with Gasteiger partial charge in [0.25, 0.3) is 5.91 Å². The van der Waals surface area contributed by atoms with Crippen molar-refractivity contribution in [2.24, 2.45) is 5.92 Å². The maximum Gasteiger partial charge on any atom is 0.255 e. The van der Waals surface area contributed by atoms with Gasteiger partial charge in [-0.2, -0.15) is 0 Å². The van der Waals surface area contributed by atoms with E-state index in [-0.39, 0.29) is 23.7 Å². The van der Waals surface area contributed by atoms with Crippen LogP contribution in [0.1, 0.15) is 104 Å². The van der Waals surface area contributed by atoms with Crippen molar-refractivity contribution < 1.29 is 9.59 Å². The minimum Gasteiger partial charge on any atom is -0.356 e. The van der Waals surface area contributed by atoms with Crippen molar-refractivity contribution >= 4 is 17.8 Å². The predicted octanol–water partition coefficient (Wildman–Crippen LogP) is 4.34. The number of carbonyl (C=O) groups is 2. The van der Waals surface area contributed by atoms with Gasteiger partial charge in [-0.25, -0.2) is 0 Å². The van der Waals surface area contributed by atoms with Crippen LogP contribution in [0.25, 0.3) is 0 Å². The van der Waals surface area contributed by atoms with Gasteiger partial charge in [-0.3, -0.25) is 19.9 Å². The average Bonchev–Trinajstić information content (AvgIpc) is 2.91. The Balaban J connectivity index is 1.75. The Labute approximate surface area is 177 Å². The van der Waals surface area contributed by atoms with Crippen molar-refractivity contribution in [3.05, 3.63) is 0 Å². The molecule has 0 unspecified atom stereocenters. The molecule has 0 aromatic carbocycles. The van der Waals surface area contributed by atoms with Gasteiger partial charge in [0, 0.05) is 19.0 Å². The number of amides is 2. The molecule has 1 heterocycles. The van der Waals surface area contributed by atoms with Gasteiger partial charge < -0.3 is 10.6 Å². The lowest BCUT2D eigenvalue weighted by Crippen LogP contribution is -2.47. The van der Waals surface area contributed by atoms with Crippen LogP contribution in [0.2, 0.25) is 0 Å². The Hall–Kier alpha value is -1.59. The monoisotopic (exact) mass is 406 g/mol. The zero-order valence-electron chi connectivity index (χ0n) is 18.7. The summed E-state index contributed by atoms with van der Waals surface area (Å²) in [7, 11) is 0. The molecule has 1 saturated carbocycles. The summed E-state index contributed by atoms with van der Waals surface area (Å²) >= 11 is 0. The van der Waals surface area contributed by atoms with Crippen LogP contribution in [0.3, 0.4) is 0 Å². The number of guanidine groups is 1. The fourth-order valence-electron chi connectivity index (χ4n) is 4.63. The van der Waals surface area contributed by atoms with Gasteiger partial charge in [-0.1, -0.05) is 65.2 Å². The Morgan fingerprint density at radius 2 is 1.69 bits per heavy atom. The second-order valence-corrected chi connectivity index (χ2v) is 8.91. The predicted molar refractivity (Wildman–Crippen MR) is 118 cm³/mol. The quantitative estimate of drug-likeness (QED) is 0.333. The van der Waals surface area contributed by atoms with Gasteiger partial charge in [0.15, 0.2) is 5.96 Å². The molecule has 29 heavy (non-hydrogen) atoms. The smallest absolute Gasteiger partial charge is 0.255 e. The van der Waals surface area contributed by atoms with Gasteiger partial charge >= 0.3 is 0 Å². The highest BCUT2D eigenvalue weighted by atomic mass is 16.2. The zero-order valence-corrected chi connectivity index (χ0v) is 18.7. The molecule has 0 aromatic rings. The number of hydrogen-bond acceptors (Lipinski definition) is 3. The van der Waals surface area contributed by atoms with Crippen LogP contribution in [0.4, 0.5) is 0 Å². The van der Waals surface area contributed by atoms with E-state index in [1.165, 1.54) is 25.7 Å². The maximum absolute atomic E-state index is 13.1. The maximum atomic E-state index is 13.1. The van der Waals surface area contributed by atoms with E-state index in [2.05, 4.69) is 24.5 Å². The molecule has 1 aliphatic heterocycles. The summed E-state index contributed by atoms with van der Waals surface area (Å²) in [6.45, 7) is 5.50. The van der Waals surface area contributed by atoms with Crippen LogP contribution in [0.5, 0.6) is 0 Å². The van der Waals surface area contributed by atoms with E-state index in [1.807, 2.05) is 0 Å². The highest BCUT2D eigenvalue weighted by Crippen LogP contribution is 2.29. The Kier molecular flexibility index (Phi) is 9.95. The van der Waals surface area contributed by atoms with E-state index in [0.717, 1.165) is 64.2 Å². The molecule has 0 radical (unpaired) electrons. The molecule has 2 rings (SSSR count). The number of rotatable bonds is 12. The van der Waals surface area contributed by atoms with Gasteiger partial charge in [0.1, 0.15) is 5.54 Å². The Bertz CT molecular complexity index is 533. The lowest BCUT2D eigenvalue weighted by molar-refractivity contribution is -0.132. The van der Waals surface area contributed by atoms with Gasteiger partial charge in [0.05, 0.1) is 0 Å². The van der Waals surface area contributed by atoms with Crippen LogP contribution in [0, 0.1) is 11.3 Å². The number of hydrogen-bond donors (Lipinski definition) is 3. The summed E-state index contributed by atoms with van der Waals surface area (Å²) < 4.78 is 0. The molecule has 166 valence electrons. The van der Waals surface area contributed by atoms with E-state index >= 15 is 0 Å². The first-order valence-corrected chi connectivity index (χ1v) is 12.0. The van der Waals surface area contributed by atoms with Gasteiger partial charge in [0.2, 0.25) is 5.91 Å². The third kappa shape index (κ3) is 6.71. The molecule has 0 atom stereocenters. The first kappa shape index (κ1) is 23.7. The lowest BCUT2D eigenvalue weighted by atomic mass is 9.87. The summed E-state index contributed by atoms with van der Waals surface area (Å²) in [6, 6.07) is 0. The molecule has 2 amide bonds. The van der Waals surface area contributed by atoms with Crippen molar-refractivity contribution in [1.29, 1.82) is 5.41 Å². The van der Waals surface area contributed by atoms with E-state index < -0.39 is 5.54 Å². The number of unbranched alkanes of at least 4 members (excludes halogenated alkanes) is 3. The van der Waals surface area contributed by atoms with Crippen molar-refractivity contribution in [2.75, 3.05) is 13.1 Å². The van der Waals surface area contributed by atoms with Crippen molar-refractivity contribution in [2.45, 2.75) is 109 Å². The molecule has 3 N–H and O–H groups in total. The van der Waals surface area contributed by atoms with E-state index in [0.29, 0.717) is 13.1 Å². The second-order valence-electron chi connectivity index (χ2n) is 8.91. The highest BCUT2D eigenvalue weighted by Gasteiger charge is 2.47. The summed E-state index contributed by atoms with van der Waals surface area (Å²) in [5.41, 5.74) is -0.573. The largest absolute Gasteiger partial charge is 0.356 e. The molecule has 2 fully saturated rings. The Morgan fingerprint density at radius 1 is 1.07 bits per heavy atom. The fourth-order valence-corrected chi connectivity index (χ4v) is 4.63. The van der Waals surface area contributed by atoms with Crippen LogP contribution in [-0.4, -0.2) is 41.3 Å². The standard InChI is InChI=1S/C23H42N4O2/c1-3-5-15-23(16-6-4-2)21(29)27(22(24)26-23)18-12-11-17-25-20(28)19-13-9-7-8-10-14-19/h19H,3-18H2,1-2H3,(H2,24,26)(H,25,28). The molecule has 0 spiro atoms. The van der Waals surface area contributed by atoms with Crippen molar-refractivity contribution in [3.63, 3.8) is 0 Å². The second kappa shape index (κ2) is 12.2. The van der Waals surface area contributed by atoms with Crippen LogP contribution in [0.15, 0.2) is 0 Å². The molecular weight excluding hydrogens is 364 g/mol. The summed E-state index contributed by atoms with van der Waals surface area (Å²) in [5.74, 6) is 0.723. The van der Waals surface area contributed by atoms with Crippen molar-refractivity contribution in [3.8, 4) is 0 Å². The third-order valence-corrected chi connectivity index (χ3v) is 6.53. The van der Waals surface area contributed by atoms with Crippen LogP contribution in [-0.2, 0) is 9.59 Å². The third-order valence-electron chi connectivity index (χ3n) is 6.53. The molecule has 6 heteroatoms. The van der Waals surface area contributed by atoms with Gasteiger partial charge in [-0.05, 0) is 38.5 Å². The van der Waals surface area contributed by atoms with Crippen molar-refractivity contribution in [1.82, 2.24) is 15.5 Å². The summed E-state index contributed by atoms with van der Waals surface area (Å²) in [6.07, 6.45) is 14.2. The van der Waals surface area contributed by atoms with Crippen LogP contribution >= 0.6 is 0 Å². The molecule has 2 aliphatic rings. The Morgan fingerprint density at radius 3 is 2.28 bits per heavy atom. The SMILES string of the molecule is CCCCC1(CCCC)NC(=N)N(CCCCNC(=O)C2CCCCCC2)C1=O. The number of carbonyl (C=O) groups excluding carboxylic acids is 2. The first-order chi connectivity index (χ1) is 14.0. The average molecular weight is 407 g/mol. The minimum atomic E-state index is -0.573. The fraction of sp³-hybridized carbons (Fsp3) is 0.870. The summed E-state index contributed by atoms with van der Waals surface area (Å²) in [4.78, 5) is 27.1. The highest BCUT2D eigenvalue weighted by molar-refractivity contribution is 6.07. The molecule has 0 aromatic heterocycles. The number of nitrogens with zero attached hydrogens (tertiary/aromatic N) is 1. The lowest BCUT2D eigenvalue weighted by Gasteiger charge is -2.27. The molecular formula is C23H42N4O2. The molecule has 1 saturated heterocycles. The number of nitrogens with one attached hydrogen (secondary N) is 3. The molecule has 1 aliphatic carbocycles. The van der Waals surface area contributed by atoms with Gasteiger partial charge in [-0.15, -0.1) is 0 Å². The topological polar surface area (TPSA) is 85.3 Å².